The van der Waals surface area contributed by atoms with E-state index in [0.29, 0.717) is 12.2 Å². The summed E-state index contributed by atoms with van der Waals surface area (Å²) < 4.78 is 4.74. The van der Waals surface area contributed by atoms with Crippen LogP contribution in [-0.4, -0.2) is 18.4 Å². The zero-order valence-corrected chi connectivity index (χ0v) is 10.3. The molecule has 1 aromatic carbocycles. The van der Waals surface area contributed by atoms with Gasteiger partial charge in [0.15, 0.2) is 5.78 Å². The van der Waals surface area contributed by atoms with Crippen molar-refractivity contribution >= 4 is 11.8 Å². The van der Waals surface area contributed by atoms with Gasteiger partial charge in [-0.1, -0.05) is 30.3 Å². The number of esters is 1. The van der Waals surface area contributed by atoms with Crippen molar-refractivity contribution in [1.82, 2.24) is 0 Å². The third-order valence-electron chi connectivity index (χ3n) is 2.46. The fourth-order valence-corrected chi connectivity index (χ4v) is 1.58. The molecule has 94 valence electrons. The predicted octanol–water partition coefficient (Wildman–Crippen LogP) is 2.21. The minimum Gasteiger partial charge on any atom is -0.466 e. The van der Waals surface area contributed by atoms with Gasteiger partial charge >= 0.3 is 5.97 Å². The first-order valence-corrected chi connectivity index (χ1v) is 5.82. The zero-order chi connectivity index (χ0) is 13.4. The number of ketones is 1. The smallest absolute Gasteiger partial charge is 0.306 e. The second-order valence-corrected chi connectivity index (χ2v) is 3.74. The number of carbonyl (C=O) groups excluding carboxylic acids is 2. The number of Topliss-reactive ketones (excluding diaryl/α,β-unsaturated/α-hetero) is 1. The van der Waals surface area contributed by atoms with Crippen molar-refractivity contribution in [3.63, 3.8) is 0 Å². The number of nitriles is 1. The molecule has 0 N–H and O–H groups in total. The summed E-state index contributed by atoms with van der Waals surface area (Å²) in [7, 11) is 0. The van der Waals surface area contributed by atoms with Crippen LogP contribution >= 0.6 is 0 Å². The highest BCUT2D eigenvalue weighted by Crippen LogP contribution is 2.18. The Morgan fingerprint density at radius 3 is 2.50 bits per heavy atom. The SMILES string of the molecule is CCOC(=O)CCC(=O)C(C#N)c1ccccc1. The summed E-state index contributed by atoms with van der Waals surface area (Å²) in [6.45, 7) is 2.01. The Balaban J connectivity index is 2.60. The van der Waals surface area contributed by atoms with E-state index in [-0.39, 0.29) is 18.6 Å². The van der Waals surface area contributed by atoms with E-state index < -0.39 is 11.9 Å². The summed E-state index contributed by atoms with van der Waals surface area (Å²) in [6.07, 6.45) is 0.0592. The maximum absolute atomic E-state index is 11.9. The molecule has 0 saturated carbocycles. The molecule has 1 aromatic rings. The quantitative estimate of drug-likeness (QED) is 0.720. The molecule has 0 amide bonds. The van der Waals surface area contributed by atoms with Gasteiger partial charge in [-0.25, -0.2) is 0 Å². The van der Waals surface area contributed by atoms with Gasteiger partial charge in [0.2, 0.25) is 0 Å². The van der Waals surface area contributed by atoms with Gasteiger partial charge in [0.25, 0.3) is 0 Å². The molecule has 4 nitrogen and oxygen atoms in total. The Morgan fingerprint density at radius 1 is 1.28 bits per heavy atom. The molecule has 0 fully saturated rings. The molecule has 0 aliphatic heterocycles. The summed E-state index contributed by atoms with van der Waals surface area (Å²) in [6, 6.07) is 10.8. The number of hydrogen-bond acceptors (Lipinski definition) is 4. The van der Waals surface area contributed by atoms with Crippen LogP contribution in [0.15, 0.2) is 30.3 Å². The van der Waals surface area contributed by atoms with E-state index in [2.05, 4.69) is 0 Å². The van der Waals surface area contributed by atoms with Crippen LogP contribution in [-0.2, 0) is 14.3 Å². The average molecular weight is 245 g/mol. The Kier molecular flexibility index (Phi) is 5.59. The maximum atomic E-state index is 11.9. The number of hydrogen-bond donors (Lipinski definition) is 0. The van der Waals surface area contributed by atoms with Gasteiger partial charge in [-0.15, -0.1) is 0 Å². The van der Waals surface area contributed by atoms with E-state index in [9.17, 15) is 9.59 Å². The topological polar surface area (TPSA) is 67.2 Å². The van der Waals surface area contributed by atoms with Crippen LogP contribution < -0.4 is 0 Å². The molecule has 1 unspecified atom stereocenters. The van der Waals surface area contributed by atoms with Crippen molar-refractivity contribution in [3.05, 3.63) is 35.9 Å². The normalized spacial score (nSPS) is 11.3. The van der Waals surface area contributed by atoms with Crippen LogP contribution in [0, 0.1) is 11.3 Å². The molecule has 18 heavy (non-hydrogen) atoms. The van der Waals surface area contributed by atoms with E-state index in [1.165, 1.54) is 0 Å². The lowest BCUT2D eigenvalue weighted by molar-refractivity contribution is -0.144. The largest absolute Gasteiger partial charge is 0.466 e. The Hall–Kier alpha value is -2.15. The first kappa shape index (κ1) is 13.9. The molecule has 0 aromatic heterocycles. The third kappa shape index (κ3) is 4.02. The summed E-state index contributed by atoms with van der Waals surface area (Å²) in [5.74, 6) is -1.46. The van der Waals surface area contributed by atoms with Crippen LogP contribution in [0.1, 0.15) is 31.2 Å². The summed E-state index contributed by atoms with van der Waals surface area (Å²) in [5, 5.41) is 9.03. The zero-order valence-electron chi connectivity index (χ0n) is 10.3. The van der Waals surface area contributed by atoms with Gasteiger partial charge in [0.05, 0.1) is 19.1 Å². The lowest BCUT2D eigenvalue weighted by Crippen LogP contribution is -2.13. The minimum atomic E-state index is -0.805. The molecule has 0 spiro atoms. The number of ether oxygens (including phenoxy) is 1. The van der Waals surface area contributed by atoms with E-state index >= 15 is 0 Å². The van der Waals surface area contributed by atoms with Gasteiger partial charge < -0.3 is 4.74 Å². The minimum absolute atomic E-state index is 0.0255. The van der Waals surface area contributed by atoms with Gasteiger partial charge in [-0.3, -0.25) is 9.59 Å². The Labute approximate surface area is 106 Å². The number of nitrogens with zero attached hydrogens (tertiary/aromatic N) is 1. The molecule has 0 heterocycles. The second kappa shape index (κ2) is 7.23. The lowest BCUT2D eigenvalue weighted by Gasteiger charge is -2.08. The van der Waals surface area contributed by atoms with Crippen LogP contribution in [0.4, 0.5) is 0 Å². The van der Waals surface area contributed by atoms with Crippen molar-refractivity contribution < 1.29 is 14.3 Å². The molecular weight excluding hydrogens is 230 g/mol. The fraction of sp³-hybridized carbons (Fsp3) is 0.357. The summed E-state index contributed by atoms with van der Waals surface area (Å²) in [4.78, 5) is 23.0. The van der Waals surface area contributed by atoms with Gasteiger partial charge in [-0.2, -0.15) is 5.26 Å². The molecule has 0 bridgehead atoms. The first-order valence-electron chi connectivity index (χ1n) is 5.82. The second-order valence-electron chi connectivity index (χ2n) is 3.74. The van der Waals surface area contributed by atoms with Crippen LogP contribution in [0.5, 0.6) is 0 Å². The van der Waals surface area contributed by atoms with Crippen molar-refractivity contribution in [2.24, 2.45) is 0 Å². The van der Waals surface area contributed by atoms with E-state index in [0.717, 1.165) is 0 Å². The van der Waals surface area contributed by atoms with Crippen molar-refractivity contribution in [2.75, 3.05) is 6.61 Å². The summed E-state index contributed by atoms with van der Waals surface area (Å²) >= 11 is 0. The first-order chi connectivity index (χ1) is 8.69. The monoisotopic (exact) mass is 245 g/mol. The Morgan fingerprint density at radius 2 is 1.94 bits per heavy atom. The number of benzene rings is 1. The van der Waals surface area contributed by atoms with Crippen molar-refractivity contribution in [3.8, 4) is 6.07 Å². The molecule has 0 radical (unpaired) electrons. The lowest BCUT2D eigenvalue weighted by atomic mass is 9.94. The van der Waals surface area contributed by atoms with E-state index in [1.54, 1.807) is 31.2 Å². The summed E-state index contributed by atoms with van der Waals surface area (Å²) in [5.41, 5.74) is 0.661. The van der Waals surface area contributed by atoms with Crippen LogP contribution in [0.25, 0.3) is 0 Å². The standard InChI is InChI=1S/C14H15NO3/c1-2-18-14(17)9-8-13(16)12(10-15)11-6-4-3-5-7-11/h3-7,12H,2,8-9H2,1H3. The molecule has 4 heteroatoms. The molecule has 0 aliphatic rings. The Bertz CT molecular complexity index is 448. The maximum Gasteiger partial charge on any atom is 0.306 e. The third-order valence-corrected chi connectivity index (χ3v) is 2.46. The van der Waals surface area contributed by atoms with Crippen LogP contribution in [0.2, 0.25) is 0 Å². The van der Waals surface area contributed by atoms with Gasteiger partial charge in [0, 0.05) is 6.42 Å². The number of carbonyl (C=O) groups is 2. The van der Waals surface area contributed by atoms with Crippen molar-refractivity contribution in [1.29, 1.82) is 5.26 Å². The number of rotatable bonds is 6. The van der Waals surface area contributed by atoms with Gasteiger partial charge in [-0.05, 0) is 12.5 Å². The molecule has 1 rings (SSSR count). The fourth-order valence-electron chi connectivity index (χ4n) is 1.58. The average Bonchev–Trinajstić information content (AvgIpc) is 2.39. The van der Waals surface area contributed by atoms with Crippen molar-refractivity contribution in [2.45, 2.75) is 25.7 Å². The molecule has 0 aliphatic carbocycles. The van der Waals surface area contributed by atoms with Crippen LogP contribution in [0.3, 0.4) is 0 Å². The highest BCUT2D eigenvalue weighted by atomic mass is 16.5. The van der Waals surface area contributed by atoms with Gasteiger partial charge in [0.1, 0.15) is 5.92 Å². The van der Waals surface area contributed by atoms with E-state index in [4.69, 9.17) is 10.00 Å². The highest BCUT2D eigenvalue weighted by molar-refractivity contribution is 5.90. The molecule has 0 saturated heterocycles. The highest BCUT2D eigenvalue weighted by Gasteiger charge is 2.20. The van der Waals surface area contributed by atoms with E-state index in [1.807, 2.05) is 12.1 Å². The molecule has 1 atom stereocenters. The molecular formula is C14H15NO3. The predicted molar refractivity (Wildman–Crippen MR) is 65.7 cm³/mol.